The number of aliphatic imine (C=N–C) groups is 1. The molecule has 0 aromatic heterocycles. The third-order valence-electron chi connectivity index (χ3n) is 0.141. The van der Waals surface area contributed by atoms with Gasteiger partial charge in [-0.25, -0.2) is 0 Å². The van der Waals surface area contributed by atoms with Gasteiger partial charge >= 0.3 is 59.1 Å². The van der Waals surface area contributed by atoms with Crippen molar-refractivity contribution in [1.82, 2.24) is 0 Å². The molecule has 0 unspecified atom stereocenters. The van der Waals surface area contributed by atoms with Crippen molar-refractivity contribution in [3.63, 3.8) is 0 Å². The van der Waals surface area contributed by atoms with Gasteiger partial charge < -0.3 is 27.8 Å². The zero-order valence-electron chi connectivity index (χ0n) is 4.71. The first kappa shape index (κ1) is 16.1. The molecule has 0 atom stereocenters. The summed E-state index contributed by atoms with van der Waals surface area (Å²) in [4.78, 5) is 12.1. The van der Waals surface area contributed by atoms with Gasteiger partial charge in [0.25, 0.3) is 0 Å². The molecule has 0 rings (SSSR count). The Hall–Kier alpha value is 1.27. The van der Waals surface area contributed by atoms with Crippen LogP contribution in [-0.2, 0) is 12.6 Å². The standard InChI is InChI=1S/C2HN2OS.2Na/c3-1-4-2(5)6;;/h(H,5,6);;/q-1;2*+1/p-1. The molecule has 6 heteroatoms. The molecule has 1 amide bonds. The van der Waals surface area contributed by atoms with E-state index < -0.39 is 5.24 Å². The number of hydrogen-bond acceptors (Lipinski definition) is 2. The van der Waals surface area contributed by atoms with Gasteiger partial charge in [0.2, 0.25) is 0 Å². The predicted octanol–water partition coefficient (Wildman–Crippen LogP) is -5.60. The van der Waals surface area contributed by atoms with Crippen molar-refractivity contribution in [3.05, 3.63) is 5.41 Å². The number of carbonyl (C=O) groups excluding carboxylic acids is 1. The first-order valence-corrected chi connectivity index (χ1v) is 1.49. The first-order valence-electron chi connectivity index (χ1n) is 1.08. The van der Waals surface area contributed by atoms with Gasteiger partial charge in [-0.1, -0.05) is 0 Å². The van der Waals surface area contributed by atoms with Crippen molar-refractivity contribution < 1.29 is 63.9 Å². The van der Waals surface area contributed by atoms with E-state index in [0.717, 1.165) is 0 Å². The average molecular weight is 146 g/mol. The van der Waals surface area contributed by atoms with Crippen LogP contribution in [0.4, 0.5) is 4.79 Å². The van der Waals surface area contributed by atoms with Gasteiger partial charge in [0.1, 0.15) is 0 Å². The van der Waals surface area contributed by atoms with E-state index in [1.807, 2.05) is 0 Å². The Morgan fingerprint density at radius 2 is 2.00 bits per heavy atom. The minimum atomic E-state index is -0.863. The summed E-state index contributed by atoms with van der Waals surface area (Å²) in [5.74, 6) is 0. The van der Waals surface area contributed by atoms with Gasteiger partial charge in [0.05, 0.1) is 0 Å². The Labute approximate surface area is 96.8 Å². The molecular weight excluding hydrogens is 146 g/mol. The van der Waals surface area contributed by atoms with Crippen LogP contribution in [0.25, 0.3) is 5.41 Å². The Bertz CT molecular complexity index is 111. The van der Waals surface area contributed by atoms with Crippen LogP contribution in [-0.4, -0.2) is 11.2 Å². The number of amides is 1. The van der Waals surface area contributed by atoms with Gasteiger partial charge in [-0.15, -0.1) is 0 Å². The Balaban J connectivity index is -0.000000125. The average Bonchev–Trinajstić information content (AvgIpc) is 1.35. The molecule has 0 aliphatic carbocycles. The van der Waals surface area contributed by atoms with E-state index in [-0.39, 0.29) is 59.1 Å². The number of hydrogen-bond donors (Lipinski definition) is 0. The molecule has 0 spiro atoms. The van der Waals surface area contributed by atoms with Crippen molar-refractivity contribution in [1.29, 1.82) is 0 Å². The molecule has 0 aliphatic rings. The summed E-state index contributed by atoms with van der Waals surface area (Å²) < 4.78 is 0. The molecule has 0 bridgehead atoms. The fourth-order valence-corrected chi connectivity index (χ4v) is 0.0816. The van der Waals surface area contributed by atoms with Gasteiger partial charge in [0, 0.05) is 5.24 Å². The maximum absolute atomic E-state index is 9.47. The first-order chi connectivity index (χ1) is 2.77. The van der Waals surface area contributed by atoms with E-state index in [2.05, 4.69) is 17.6 Å². The van der Waals surface area contributed by atoms with Gasteiger partial charge in [-0.05, 0) is 0 Å². The van der Waals surface area contributed by atoms with Gasteiger partial charge in [-0.2, -0.15) is 6.01 Å². The Kier molecular flexibility index (Phi) is 22.4. The molecule has 0 radical (unpaired) electrons. The molecule has 3 nitrogen and oxygen atoms in total. The molecule has 0 aromatic rings. The van der Waals surface area contributed by atoms with Crippen LogP contribution >= 0.6 is 0 Å². The van der Waals surface area contributed by atoms with Crippen LogP contribution < -0.4 is 59.1 Å². The van der Waals surface area contributed by atoms with E-state index in [1.165, 1.54) is 6.01 Å². The fraction of sp³-hybridized carbons (Fsp3) is 0. The molecule has 32 valence electrons. The summed E-state index contributed by atoms with van der Waals surface area (Å²) in [6.45, 7) is 0. The smallest absolute Gasteiger partial charge is 0.741 e. The Morgan fingerprint density at radius 3 is 2.00 bits per heavy atom. The van der Waals surface area contributed by atoms with Crippen molar-refractivity contribution in [2.45, 2.75) is 0 Å². The van der Waals surface area contributed by atoms with Crippen molar-refractivity contribution in [3.8, 4) is 0 Å². The van der Waals surface area contributed by atoms with Crippen LogP contribution in [0.3, 0.4) is 0 Å². The van der Waals surface area contributed by atoms with Crippen LogP contribution in [0.1, 0.15) is 0 Å². The third kappa shape index (κ3) is 15.7. The molecule has 8 heavy (non-hydrogen) atoms. The summed E-state index contributed by atoms with van der Waals surface area (Å²) in [6, 6.07) is 1.24. The molecule has 0 saturated heterocycles. The normalized spacial score (nSPS) is 4.50. The Morgan fingerprint density at radius 1 is 1.62 bits per heavy atom. The maximum atomic E-state index is 9.47. The summed E-state index contributed by atoms with van der Waals surface area (Å²) in [7, 11) is 0. The van der Waals surface area contributed by atoms with Crippen molar-refractivity contribution in [2.24, 2.45) is 4.99 Å². The van der Waals surface area contributed by atoms with E-state index in [1.54, 1.807) is 0 Å². The molecule has 0 fully saturated rings. The zero-order chi connectivity index (χ0) is 4.99. The molecule has 0 N–H and O–H groups in total. The van der Waals surface area contributed by atoms with Gasteiger partial charge in [0.15, 0.2) is 0 Å². The largest absolute Gasteiger partial charge is 1.00 e. The van der Waals surface area contributed by atoms with E-state index in [4.69, 9.17) is 5.41 Å². The zero-order valence-corrected chi connectivity index (χ0v) is 9.53. The van der Waals surface area contributed by atoms with Gasteiger partial charge in [-0.3, -0.25) is 0 Å². The summed E-state index contributed by atoms with van der Waals surface area (Å²) >= 11 is 3.85. The monoisotopic (exact) mass is 146 g/mol. The quantitative estimate of drug-likeness (QED) is 0.194. The minimum absolute atomic E-state index is 0. The SMILES string of the molecule is [N-]=C=NC(=O)[S-].[Na+].[Na+]. The minimum Gasteiger partial charge on any atom is -0.741 e. The van der Waals surface area contributed by atoms with Crippen LogP contribution in [0.2, 0.25) is 0 Å². The van der Waals surface area contributed by atoms with Crippen LogP contribution in [0.15, 0.2) is 4.99 Å². The van der Waals surface area contributed by atoms with E-state index in [9.17, 15) is 4.79 Å². The third-order valence-corrected chi connectivity index (χ3v) is 0.233. The fourth-order valence-electron chi connectivity index (χ4n) is 0.0408. The number of carbonyl (C=O) groups is 1. The van der Waals surface area contributed by atoms with Crippen molar-refractivity contribution in [2.75, 3.05) is 0 Å². The molecule has 0 aromatic carbocycles. The topological polar surface area (TPSA) is 51.7 Å². The molecule has 0 heterocycles. The molecule has 0 saturated carbocycles. The number of nitrogens with zero attached hydrogens (tertiary/aromatic N) is 2. The van der Waals surface area contributed by atoms with Crippen LogP contribution in [0.5, 0.6) is 0 Å². The summed E-state index contributed by atoms with van der Waals surface area (Å²) in [6.07, 6.45) is 0. The van der Waals surface area contributed by atoms with E-state index >= 15 is 0 Å². The van der Waals surface area contributed by atoms with Crippen molar-refractivity contribution >= 4 is 23.9 Å². The maximum Gasteiger partial charge on any atom is 1.00 e. The predicted molar refractivity (Wildman–Crippen MR) is 23.6 cm³/mol. The summed E-state index contributed by atoms with van der Waals surface area (Å²) in [5.41, 5.74) is 0. The molecular formula is C2N2Na2OS. The number of rotatable bonds is 0. The van der Waals surface area contributed by atoms with E-state index in [0.29, 0.717) is 0 Å². The second-order valence-electron chi connectivity index (χ2n) is 0.478. The van der Waals surface area contributed by atoms with Crippen LogP contribution in [0, 0.1) is 0 Å². The summed E-state index contributed by atoms with van der Waals surface area (Å²) in [5, 5.41) is 6.67. The second kappa shape index (κ2) is 11.1. The second-order valence-corrected chi connectivity index (χ2v) is 0.827. The molecule has 0 aliphatic heterocycles.